The lowest BCUT2D eigenvalue weighted by Gasteiger charge is -2.07. The fourth-order valence-electron chi connectivity index (χ4n) is 2.56. The Morgan fingerprint density at radius 2 is 1.68 bits per heavy atom. The predicted octanol–water partition coefficient (Wildman–Crippen LogP) is 3.66. The molecule has 0 aliphatic rings. The van der Waals surface area contributed by atoms with Crippen molar-refractivity contribution in [1.82, 2.24) is 4.57 Å². The summed E-state index contributed by atoms with van der Waals surface area (Å²) in [7, 11) is 0. The lowest BCUT2D eigenvalue weighted by molar-refractivity contribution is 0.605. The number of hydrogen-bond acceptors (Lipinski definition) is 1. The number of rotatable bonds is 3. The molecule has 0 saturated carbocycles. The van der Waals surface area contributed by atoms with Crippen molar-refractivity contribution in [3.63, 3.8) is 0 Å². The van der Waals surface area contributed by atoms with Crippen LogP contribution in [0.2, 0.25) is 0 Å². The zero-order valence-electron chi connectivity index (χ0n) is 11.1. The molecule has 2 nitrogen and oxygen atoms in total. The van der Waals surface area contributed by atoms with Crippen LogP contribution in [0, 0.1) is 0 Å². The summed E-state index contributed by atoms with van der Waals surface area (Å²) in [6, 6.07) is 19.2. The van der Waals surface area contributed by atoms with Crippen LogP contribution >= 0.6 is 0 Å². The Bertz CT molecular complexity index is 681. The molecule has 1 unspecified atom stereocenters. The second kappa shape index (κ2) is 4.90. The Balaban J connectivity index is 2.20. The van der Waals surface area contributed by atoms with Gasteiger partial charge < -0.3 is 10.3 Å². The van der Waals surface area contributed by atoms with Crippen molar-refractivity contribution in [3.05, 3.63) is 60.8 Å². The Hall–Kier alpha value is -2.06. The Morgan fingerprint density at radius 1 is 1.00 bits per heavy atom. The van der Waals surface area contributed by atoms with Gasteiger partial charge in [0.15, 0.2) is 0 Å². The highest BCUT2D eigenvalue weighted by molar-refractivity contribution is 5.96. The van der Waals surface area contributed by atoms with Gasteiger partial charge in [0.05, 0.1) is 0 Å². The number of nitrogens with zero attached hydrogens (tertiary/aromatic N) is 1. The van der Waals surface area contributed by atoms with Crippen molar-refractivity contribution >= 4 is 10.9 Å². The average Bonchev–Trinajstić information content (AvgIpc) is 2.78. The number of fused-ring (bicyclic) bond motifs is 1. The minimum atomic E-state index is 0.152. The molecular formula is C17H18N2. The van der Waals surface area contributed by atoms with Crippen LogP contribution in [-0.2, 0) is 6.54 Å². The van der Waals surface area contributed by atoms with E-state index in [1.54, 1.807) is 0 Å². The second-order valence-electron chi connectivity index (χ2n) is 5.06. The quantitative estimate of drug-likeness (QED) is 0.755. The van der Waals surface area contributed by atoms with Crippen LogP contribution in [0.3, 0.4) is 0 Å². The predicted molar refractivity (Wildman–Crippen MR) is 81.0 cm³/mol. The molecule has 0 radical (unpaired) electrons. The molecule has 1 aromatic heterocycles. The molecule has 0 aliphatic carbocycles. The van der Waals surface area contributed by atoms with Gasteiger partial charge >= 0.3 is 0 Å². The van der Waals surface area contributed by atoms with Crippen LogP contribution in [-0.4, -0.2) is 10.6 Å². The molecule has 3 rings (SSSR count). The van der Waals surface area contributed by atoms with Crippen molar-refractivity contribution in [3.8, 4) is 11.1 Å². The van der Waals surface area contributed by atoms with Crippen molar-refractivity contribution < 1.29 is 0 Å². The lowest BCUT2D eigenvalue weighted by Crippen LogP contribution is -2.21. The van der Waals surface area contributed by atoms with Gasteiger partial charge in [0.1, 0.15) is 0 Å². The van der Waals surface area contributed by atoms with Gasteiger partial charge in [0, 0.05) is 35.2 Å². The third-order valence-corrected chi connectivity index (χ3v) is 3.36. The summed E-state index contributed by atoms with van der Waals surface area (Å²) in [5.74, 6) is 0. The van der Waals surface area contributed by atoms with E-state index in [0.29, 0.717) is 0 Å². The highest BCUT2D eigenvalue weighted by Gasteiger charge is 2.10. The van der Waals surface area contributed by atoms with Gasteiger partial charge in [0.25, 0.3) is 0 Å². The second-order valence-corrected chi connectivity index (χ2v) is 5.06. The average molecular weight is 250 g/mol. The fourth-order valence-corrected chi connectivity index (χ4v) is 2.56. The maximum atomic E-state index is 5.94. The maximum Gasteiger partial charge on any atom is 0.0487 e. The highest BCUT2D eigenvalue weighted by atomic mass is 15.0. The van der Waals surface area contributed by atoms with Gasteiger partial charge in [-0.25, -0.2) is 0 Å². The Kier molecular flexibility index (Phi) is 3.10. The van der Waals surface area contributed by atoms with Crippen LogP contribution in [0.1, 0.15) is 6.92 Å². The molecule has 1 heterocycles. The largest absolute Gasteiger partial charge is 0.345 e. The first-order chi connectivity index (χ1) is 9.25. The third-order valence-electron chi connectivity index (χ3n) is 3.36. The molecule has 0 aliphatic heterocycles. The summed E-state index contributed by atoms with van der Waals surface area (Å²) in [5.41, 5.74) is 9.72. The third kappa shape index (κ3) is 2.27. The molecule has 0 saturated heterocycles. The van der Waals surface area contributed by atoms with Gasteiger partial charge in [-0.1, -0.05) is 48.5 Å². The molecule has 2 aromatic carbocycles. The lowest BCUT2D eigenvalue weighted by atomic mass is 10.1. The molecule has 1 atom stereocenters. The smallest absolute Gasteiger partial charge is 0.0487 e. The molecule has 96 valence electrons. The molecule has 0 amide bonds. The maximum absolute atomic E-state index is 5.94. The van der Waals surface area contributed by atoms with Gasteiger partial charge in [-0.3, -0.25) is 0 Å². The fraction of sp³-hybridized carbons (Fsp3) is 0.176. The number of nitrogens with two attached hydrogens (primary N) is 1. The summed E-state index contributed by atoms with van der Waals surface area (Å²) in [4.78, 5) is 0. The Labute approximate surface area is 113 Å². The van der Waals surface area contributed by atoms with E-state index in [1.807, 2.05) is 13.0 Å². The van der Waals surface area contributed by atoms with E-state index >= 15 is 0 Å². The van der Waals surface area contributed by atoms with Crippen LogP contribution in [0.25, 0.3) is 22.0 Å². The summed E-state index contributed by atoms with van der Waals surface area (Å²) in [5, 5.41) is 1.29. The van der Waals surface area contributed by atoms with E-state index in [0.717, 1.165) is 6.54 Å². The van der Waals surface area contributed by atoms with E-state index < -0.39 is 0 Å². The van der Waals surface area contributed by atoms with E-state index in [9.17, 15) is 0 Å². The number of para-hydroxylation sites is 1. The van der Waals surface area contributed by atoms with Crippen molar-refractivity contribution in [1.29, 1.82) is 0 Å². The first-order valence-electron chi connectivity index (χ1n) is 6.64. The van der Waals surface area contributed by atoms with Crippen LogP contribution in [0.15, 0.2) is 60.8 Å². The summed E-state index contributed by atoms with van der Waals surface area (Å²) < 4.78 is 2.25. The Morgan fingerprint density at radius 3 is 2.42 bits per heavy atom. The SMILES string of the molecule is CC(N)Cn1cc(-c2ccccc2)c2ccccc21. The van der Waals surface area contributed by atoms with Gasteiger partial charge in [-0.15, -0.1) is 0 Å². The number of benzene rings is 2. The monoisotopic (exact) mass is 250 g/mol. The van der Waals surface area contributed by atoms with Crippen molar-refractivity contribution in [2.75, 3.05) is 0 Å². The molecule has 3 aromatic rings. The standard InChI is InChI=1S/C17H18N2/c1-13(18)11-19-12-16(14-7-3-2-4-8-14)15-9-5-6-10-17(15)19/h2-10,12-13H,11,18H2,1H3. The molecule has 0 fully saturated rings. The highest BCUT2D eigenvalue weighted by Crippen LogP contribution is 2.30. The van der Waals surface area contributed by atoms with Crippen molar-refractivity contribution in [2.24, 2.45) is 5.73 Å². The van der Waals surface area contributed by atoms with Crippen LogP contribution in [0.4, 0.5) is 0 Å². The minimum absolute atomic E-state index is 0.152. The number of hydrogen-bond donors (Lipinski definition) is 1. The van der Waals surface area contributed by atoms with Gasteiger partial charge in [-0.05, 0) is 18.6 Å². The van der Waals surface area contributed by atoms with Gasteiger partial charge in [-0.2, -0.15) is 0 Å². The minimum Gasteiger partial charge on any atom is -0.345 e. The van der Waals surface area contributed by atoms with Crippen LogP contribution in [0.5, 0.6) is 0 Å². The summed E-state index contributed by atoms with van der Waals surface area (Å²) in [6.07, 6.45) is 2.21. The van der Waals surface area contributed by atoms with E-state index in [1.165, 1.54) is 22.0 Å². The molecule has 0 bridgehead atoms. The topological polar surface area (TPSA) is 30.9 Å². The van der Waals surface area contributed by atoms with Gasteiger partial charge in [0.2, 0.25) is 0 Å². The molecular weight excluding hydrogens is 232 g/mol. The molecule has 19 heavy (non-hydrogen) atoms. The first kappa shape index (κ1) is 12.0. The van der Waals surface area contributed by atoms with Crippen molar-refractivity contribution in [2.45, 2.75) is 19.5 Å². The molecule has 2 heteroatoms. The van der Waals surface area contributed by atoms with E-state index in [4.69, 9.17) is 5.73 Å². The first-order valence-corrected chi connectivity index (χ1v) is 6.64. The zero-order chi connectivity index (χ0) is 13.2. The zero-order valence-corrected chi connectivity index (χ0v) is 11.1. The summed E-state index contributed by atoms with van der Waals surface area (Å²) in [6.45, 7) is 2.88. The normalized spacial score (nSPS) is 12.7. The molecule has 2 N–H and O–H groups in total. The molecule has 0 spiro atoms. The van der Waals surface area contributed by atoms with Crippen LogP contribution < -0.4 is 5.73 Å². The van der Waals surface area contributed by atoms with E-state index in [2.05, 4.69) is 59.3 Å². The number of aromatic nitrogens is 1. The summed E-state index contributed by atoms with van der Waals surface area (Å²) >= 11 is 0. The van der Waals surface area contributed by atoms with E-state index in [-0.39, 0.29) is 6.04 Å².